The van der Waals surface area contributed by atoms with E-state index in [1.54, 1.807) is 17.1 Å². The largest absolute Gasteiger partial charge is 0.311 e. The van der Waals surface area contributed by atoms with Crippen molar-refractivity contribution in [1.29, 1.82) is 0 Å². The Hall–Kier alpha value is -1.46. The predicted molar refractivity (Wildman–Crippen MR) is 72.8 cm³/mol. The molecule has 1 fully saturated rings. The first-order valence-corrected chi connectivity index (χ1v) is 6.87. The molecule has 0 radical (unpaired) electrons. The van der Waals surface area contributed by atoms with Crippen LogP contribution in [0.3, 0.4) is 0 Å². The van der Waals surface area contributed by atoms with Gasteiger partial charge in [-0.2, -0.15) is 0 Å². The van der Waals surface area contributed by atoms with E-state index in [0.29, 0.717) is 11.6 Å². The van der Waals surface area contributed by atoms with E-state index in [-0.39, 0.29) is 0 Å². The maximum absolute atomic E-state index is 6.07. The molecule has 0 spiro atoms. The van der Waals surface area contributed by atoms with Gasteiger partial charge in [0, 0.05) is 18.9 Å². The van der Waals surface area contributed by atoms with Gasteiger partial charge in [0.1, 0.15) is 0 Å². The highest BCUT2D eigenvalue weighted by Gasteiger charge is 2.20. The van der Waals surface area contributed by atoms with E-state index in [2.05, 4.69) is 20.6 Å². The molecule has 3 rings (SSSR count). The second kappa shape index (κ2) is 5.67. The fourth-order valence-corrected chi connectivity index (χ4v) is 2.11. The van der Waals surface area contributed by atoms with Gasteiger partial charge in [0.25, 0.3) is 0 Å². The van der Waals surface area contributed by atoms with Crippen LogP contribution in [0.15, 0.2) is 24.7 Å². The van der Waals surface area contributed by atoms with Gasteiger partial charge in [0.15, 0.2) is 0 Å². The van der Waals surface area contributed by atoms with Crippen LogP contribution in [0.5, 0.6) is 0 Å². The molecule has 2 heterocycles. The summed E-state index contributed by atoms with van der Waals surface area (Å²) in [6, 6.07) is 1.90. The molecule has 0 amide bonds. The van der Waals surface area contributed by atoms with Crippen molar-refractivity contribution >= 4 is 11.6 Å². The van der Waals surface area contributed by atoms with Gasteiger partial charge in [-0.15, -0.1) is 5.10 Å². The van der Waals surface area contributed by atoms with E-state index >= 15 is 0 Å². The number of hydrogen-bond donors (Lipinski definition) is 1. The average Bonchev–Trinajstić information content (AvgIpc) is 3.12. The number of pyridine rings is 1. The lowest BCUT2D eigenvalue weighted by atomic mass is 10.3. The number of hydrogen-bond acceptors (Lipinski definition) is 4. The fourth-order valence-electron chi connectivity index (χ4n) is 1.93. The van der Waals surface area contributed by atoms with Gasteiger partial charge in [-0.05, 0) is 36.9 Å². The summed E-state index contributed by atoms with van der Waals surface area (Å²) >= 11 is 6.07. The van der Waals surface area contributed by atoms with Gasteiger partial charge in [0.2, 0.25) is 0 Å². The van der Waals surface area contributed by atoms with Crippen molar-refractivity contribution in [3.05, 3.63) is 40.9 Å². The lowest BCUT2D eigenvalue weighted by Crippen LogP contribution is -2.16. The van der Waals surface area contributed by atoms with Crippen molar-refractivity contribution in [3.8, 4) is 0 Å². The van der Waals surface area contributed by atoms with Crippen molar-refractivity contribution in [2.75, 3.05) is 6.54 Å². The summed E-state index contributed by atoms with van der Waals surface area (Å²) in [5.74, 6) is 0.880. The minimum atomic E-state index is 0.622. The Kier molecular flexibility index (Phi) is 3.75. The topological polar surface area (TPSA) is 55.6 Å². The number of aromatic nitrogens is 4. The third kappa shape index (κ3) is 3.52. The molecule has 0 aliphatic heterocycles. The minimum absolute atomic E-state index is 0.622. The second-order valence-corrected chi connectivity index (χ2v) is 5.36. The highest BCUT2D eigenvalue weighted by molar-refractivity contribution is 6.31. The summed E-state index contributed by atoms with van der Waals surface area (Å²) in [5, 5.41) is 12.3. The Labute approximate surface area is 117 Å². The standard InChI is InChI=1S/C13H16ClN5/c14-13-7-15-4-3-11(13)8-19-9-12(17-18-19)6-16-5-10-1-2-10/h3-4,7,9-10,16H,1-2,5-6,8H2. The van der Waals surface area contributed by atoms with Crippen LogP contribution in [0.1, 0.15) is 24.1 Å². The molecule has 0 bridgehead atoms. The van der Waals surface area contributed by atoms with Crippen LogP contribution < -0.4 is 5.32 Å². The van der Waals surface area contributed by atoms with Crippen LogP contribution in [0.2, 0.25) is 5.02 Å². The molecule has 100 valence electrons. The summed E-state index contributed by atoms with van der Waals surface area (Å²) in [7, 11) is 0. The number of rotatable bonds is 6. The fraction of sp³-hybridized carbons (Fsp3) is 0.462. The number of nitrogens with zero attached hydrogens (tertiary/aromatic N) is 4. The number of nitrogens with one attached hydrogen (secondary N) is 1. The van der Waals surface area contributed by atoms with Crippen molar-refractivity contribution in [1.82, 2.24) is 25.3 Å². The van der Waals surface area contributed by atoms with Crippen molar-refractivity contribution < 1.29 is 0 Å². The van der Waals surface area contributed by atoms with Crippen molar-refractivity contribution in [3.63, 3.8) is 0 Å². The maximum atomic E-state index is 6.07. The monoisotopic (exact) mass is 277 g/mol. The molecule has 0 unspecified atom stereocenters. The van der Waals surface area contributed by atoms with E-state index < -0.39 is 0 Å². The van der Waals surface area contributed by atoms with Gasteiger partial charge >= 0.3 is 0 Å². The first-order chi connectivity index (χ1) is 9.31. The van der Waals surface area contributed by atoms with Crippen LogP contribution >= 0.6 is 11.6 Å². The van der Waals surface area contributed by atoms with E-state index in [1.165, 1.54) is 12.8 Å². The first kappa shape index (κ1) is 12.6. The molecule has 1 aliphatic carbocycles. The molecule has 1 aliphatic rings. The van der Waals surface area contributed by atoms with Crippen LogP contribution in [-0.2, 0) is 13.1 Å². The SMILES string of the molecule is Clc1cnccc1Cn1cc(CNCC2CC2)nn1. The molecule has 0 saturated heterocycles. The molecule has 5 nitrogen and oxygen atoms in total. The van der Waals surface area contributed by atoms with Gasteiger partial charge in [-0.25, -0.2) is 4.68 Å². The first-order valence-electron chi connectivity index (χ1n) is 6.49. The van der Waals surface area contributed by atoms with Crippen molar-refractivity contribution in [2.45, 2.75) is 25.9 Å². The molecule has 2 aromatic heterocycles. The number of halogens is 1. The Morgan fingerprint density at radius 3 is 3.11 bits per heavy atom. The van der Waals surface area contributed by atoms with E-state index in [1.807, 2.05) is 12.3 Å². The quantitative estimate of drug-likeness (QED) is 0.876. The average molecular weight is 278 g/mol. The van der Waals surface area contributed by atoms with Crippen LogP contribution in [-0.4, -0.2) is 26.5 Å². The smallest absolute Gasteiger partial charge is 0.0964 e. The lowest BCUT2D eigenvalue weighted by molar-refractivity contribution is 0.627. The maximum Gasteiger partial charge on any atom is 0.0964 e. The molecule has 6 heteroatoms. The molecule has 0 atom stereocenters. The summed E-state index contributed by atoms with van der Waals surface area (Å²) in [6.45, 7) is 2.49. The predicted octanol–water partition coefficient (Wildman–Crippen LogP) is 1.87. The molecule has 1 N–H and O–H groups in total. The van der Waals surface area contributed by atoms with E-state index in [9.17, 15) is 0 Å². The molecule has 2 aromatic rings. The molecular formula is C13H16ClN5. The Balaban J connectivity index is 1.56. The highest BCUT2D eigenvalue weighted by Crippen LogP contribution is 2.27. The van der Waals surface area contributed by atoms with Gasteiger partial charge in [0.05, 0.1) is 23.5 Å². The summed E-state index contributed by atoms with van der Waals surface area (Å²) in [6.07, 6.45) is 8.05. The highest BCUT2D eigenvalue weighted by atomic mass is 35.5. The third-order valence-electron chi connectivity index (χ3n) is 3.21. The third-order valence-corrected chi connectivity index (χ3v) is 3.55. The second-order valence-electron chi connectivity index (χ2n) is 4.95. The lowest BCUT2D eigenvalue weighted by Gasteiger charge is -2.02. The van der Waals surface area contributed by atoms with Crippen LogP contribution in [0.4, 0.5) is 0 Å². The Morgan fingerprint density at radius 1 is 1.42 bits per heavy atom. The van der Waals surface area contributed by atoms with Crippen molar-refractivity contribution in [2.24, 2.45) is 5.92 Å². The summed E-state index contributed by atoms with van der Waals surface area (Å²) < 4.78 is 1.80. The molecule has 1 saturated carbocycles. The minimum Gasteiger partial charge on any atom is -0.311 e. The molecular weight excluding hydrogens is 262 g/mol. The van der Waals surface area contributed by atoms with E-state index in [4.69, 9.17) is 11.6 Å². The summed E-state index contributed by atoms with van der Waals surface area (Å²) in [5.41, 5.74) is 1.96. The molecule has 0 aromatic carbocycles. The van der Waals surface area contributed by atoms with E-state index in [0.717, 1.165) is 30.3 Å². The van der Waals surface area contributed by atoms with Gasteiger partial charge in [-0.1, -0.05) is 16.8 Å². The van der Waals surface area contributed by atoms with Gasteiger partial charge in [-0.3, -0.25) is 4.98 Å². The van der Waals surface area contributed by atoms with Gasteiger partial charge < -0.3 is 5.32 Å². The normalized spacial score (nSPS) is 14.8. The zero-order valence-electron chi connectivity index (χ0n) is 10.6. The van der Waals surface area contributed by atoms with Crippen LogP contribution in [0, 0.1) is 5.92 Å². The Morgan fingerprint density at radius 2 is 2.32 bits per heavy atom. The zero-order chi connectivity index (χ0) is 13.1. The zero-order valence-corrected chi connectivity index (χ0v) is 11.3. The van der Waals surface area contributed by atoms with Crippen LogP contribution in [0.25, 0.3) is 0 Å². The molecule has 19 heavy (non-hydrogen) atoms. The summed E-state index contributed by atoms with van der Waals surface area (Å²) in [4.78, 5) is 3.97. The Bertz CT molecular complexity index is 549.